The predicted octanol–water partition coefficient (Wildman–Crippen LogP) is 3.82. The van der Waals surface area contributed by atoms with Gasteiger partial charge in [0.15, 0.2) is 0 Å². The Morgan fingerprint density at radius 3 is 2.89 bits per heavy atom. The number of fused-ring (bicyclic) bond motifs is 1. The van der Waals surface area contributed by atoms with Crippen LogP contribution in [0.4, 0.5) is 0 Å². The molecule has 2 unspecified atom stereocenters. The summed E-state index contributed by atoms with van der Waals surface area (Å²) in [6.07, 6.45) is 0.943. The van der Waals surface area contributed by atoms with Crippen molar-refractivity contribution in [2.75, 3.05) is 0 Å². The van der Waals surface area contributed by atoms with E-state index in [2.05, 4.69) is 35.0 Å². The maximum atomic E-state index is 6.33. The second-order valence-electron chi connectivity index (χ2n) is 4.60. The van der Waals surface area contributed by atoms with Gasteiger partial charge in [-0.15, -0.1) is 11.3 Å². The first-order valence-corrected chi connectivity index (χ1v) is 7.52. The highest BCUT2D eigenvalue weighted by Crippen LogP contribution is 2.37. The van der Waals surface area contributed by atoms with Gasteiger partial charge in [0.25, 0.3) is 0 Å². The van der Waals surface area contributed by atoms with E-state index in [1.54, 1.807) is 11.3 Å². The van der Waals surface area contributed by atoms with E-state index in [4.69, 9.17) is 10.5 Å². The Kier molecular flexibility index (Phi) is 3.18. The minimum absolute atomic E-state index is 0.0485. The van der Waals surface area contributed by atoms with Crippen LogP contribution in [0.15, 0.2) is 34.1 Å². The first-order valence-electron chi connectivity index (χ1n) is 5.91. The summed E-state index contributed by atoms with van der Waals surface area (Å²) in [6, 6.07) is 10.2. The van der Waals surface area contributed by atoms with Crippen LogP contribution in [-0.2, 0) is 6.42 Å². The molecule has 2 heterocycles. The third-order valence-corrected chi connectivity index (χ3v) is 5.52. The summed E-state index contributed by atoms with van der Waals surface area (Å²) >= 11 is 5.24. The van der Waals surface area contributed by atoms with Gasteiger partial charge in [-0.1, -0.05) is 18.2 Å². The van der Waals surface area contributed by atoms with E-state index < -0.39 is 0 Å². The lowest BCUT2D eigenvalue weighted by Crippen LogP contribution is -2.29. The predicted molar refractivity (Wildman–Crippen MR) is 78.2 cm³/mol. The van der Waals surface area contributed by atoms with Crippen LogP contribution >= 0.6 is 27.3 Å². The van der Waals surface area contributed by atoms with Gasteiger partial charge in [-0.2, -0.15) is 0 Å². The van der Waals surface area contributed by atoms with Gasteiger partial charge in [0.1, 0.15) is 11.9 Å². The highest BCUT2D eigenvalue weighted by atomic mass is 79.9. The monoisotopic (exact) mass is 323 g/mol. The van der Waals surface area contributed by atoms with E-state index in [1.807, 2.05) is 18.2 Å². The summed E-state index contributed by atoms with van der Waals surface area (Å²) in [4.78, 5) is 1.18. The topological polar surface area (TPSA) is 35.2 Å². The molecule has 0 radical (unpaired) electrons. The molecule has 4 heteroatoms. The number of thiophene rings is 1. The van der Waals surface area contributed by atoms with Crippen molar-refractivity contribution in [1.82, 2.24) is 0 Å². The fourth-order valence-corrected chi connectivity index (χ4v) is 3.87. The first-order chi connectivity index (χ1) is 8.65. The van der Waals surface area contributed by atoms with Crippen molar-refractivity contribution in [3.05, 3.63) is 50.1 Å². The van der Waals surface area contributed by atoms with Gasteiger partial charge in [0.05, 0.1) is 9.83 Å². The largest absolute Gasteiger partial charge is 0.488 e. The highest BCUT2D eigenvalue weighted by molar-refractivity contribution is 9.11. The van der Waals surface area contributed by atoms with Gasteiger partial charge in [-0.25, -0.2) is 0 Å². The van der Waals surface area contributed by atoms with Crippen LogP contribution < -0.4 is 10.5 Å². The minimum atomic E-state index is -0.0626. The molecule has 94 valence electrons. The van der Waals surface area contributed by atoms with Crippen LogP contribution in [0, 0.1) is 6.92 Å². The average Bonchev–Trinajstić information content (AvgIpc) is 2.93. The molecule has 2 nitrogen and oxygen atoms in total. The van der Waals surface area contributed by atoms with Gasteiger partial charge >= 0.3 is 0 Å². The molecule has 1 aliphatic rings. The van der Waals surface area contributed by atoms with Crippen LogP contribution in [-0.4, -0.2) is 6.10 Å². The summed E-state index contributed by atoms with van der Waals surface area (Å²) in [6.45, 7) is 2.08. The smallest absolute Gasteiger partial charge is 0.123 e. The first kappa shape index (κ1) is 12.2. The Morgan fingerprint density at radius 1 is 1.44 bits per heavy atom. The van der Waals surface area contributed by atoms with E-state index in [0.29, 0.717) is 0 Å². The fraction of sp³-hybridized carbons (Fsp3) is 0.286. The van der Waals surface area contributed by atoms with Gasteiger partial charge in [0.2, 0.25) is 0 Å². The molecule has 0 saturated carbocycles. The van der Waals surface area contributed by atoms with E-state index in [-0.39, 0.29) is 12.1 Å². The number of ether oxygens (including phenoxy) is 1. The van der Waals surface area contributed by atoms with Gasteiger partial charge in [0, 0.05) is 11.3 Å². The molecule has 0 aliphatic carbocycles. The lowest BCUT2D eigenvalue weighted by molar-refractivity contribution is 0.201. The number of halogens is 1. The summed E-state index contributed by atoms with van der Waals surface area (Å²) < 4.78 is 7.09. The minimum Gasteiger partial charge on any atom is -0.488 e. The van der Waals surface area contributed by atoms with Crippen LogP contribution in [0.2, 0.25) is 0 Å². The van der Waals surface area contributed by atoms with Crippen molar-refractivity contribution in [2.24, 2.45) is 5.73 Å². The Labute approximate surface area is 119 Å². The molecule has 1 aliphatic heterocycles. The molecule has 0 amide bonds. The van der Waals surface area contributed by atoms with Crippen LogP contribution in [0.1, 0.15) is 22.0 Å². The summed E-state index contributed by atoms with van der Waals surface area (Å²) in [7, 11) is 0. The lowest BCUT2D eigenvalue weighted by atomic mass is 10.0. The van der Waals surface area contributed by atoms with Gasteiger partial charge < -0.3 is 10.5 Å². The summed E-state index contributed by atoms with van der Waals surface area (Å²) in [5.41, 5.74) is 8.82. The zero-order valence-corrected chi connectivity index (χ0v) is 12.4. The third kappa shape index (κ3) is 2.09. The maximum Gasteiger partial charge on any atom is 0.123 e. The van der Waals surface area contributed by atoms with Crippen molar-refractivity contribution in [3.8, 4) is 5.75 Å². The fourth-order valence-electron chi connectivity index (χ4n) is 2.24. The zero-order chi connectivity index (χ0) is 12.7. The summed E-state index contributed by atoms with van der Waals surface area (Å²) in [5, 5.41) is 0. The average molecular weight is 324 g/mol. The molecule has 0 fully saturated rings. The zero-order valence-electron chi connectivity index (χ0n) is 10.0. The summed E-state index contributed by atoms with van der Waals surface area (Å²) in [5.74, 6) is 0.977. The molecule has 0 saturated heterocycles. The quantitative estimate of drug-likeness (QED) is 0.911. The lowest BCUT2D eigenvalue weighted by Gasteiger charge is -2.17. The Bertz CT molecular complexity index is 536. The molecule has 2 N–H and O–H groups in total. The van der Waals surface area contributed by atoms with Crippen molar-refractivity contribution >= 4 is 27.3 Å². The van der Waals surface area contributed by atoms with Crippen molar-refractivity contribution < 1.29 is 4.74 Å². The Hall–Kier alpha value is -0.840. The molecule has 3 rings (SSSR count). The van der Waals surface area contributed by atoms with Gasteiger partial charge in [-0.05, 0) is 46.1 Å². The molecule has 1 aromatic heterocycles. The number of hydrogen-bond donors (Lipinski definition) is 1. The molecule has 2 atom stereocenters. The number of nitrogens with two attached hydrogens (primary N) is 1. The SMILES string of the molecule is Cc1cc(C(N)C2Cc3ccccc3O2)sc1Br. The molecular weight excluding hydrogens is 310 g/mol. The second kappa shape index (κ2) is 4.68. The standard InChI is InChI=1S/C14H14BrNOS/c1-8-6-12(18-14(8)15)13(16)11-7-9-4-2-3-5-10(9)17-11/h2-6,11,13H,7,16H2,1H3. The van der Waals surface area contributed by atoms with Crippen molar-refractivity contribution in [1.29, 1.82) is 0 Å². The number of para-hydroxylation sites is 1. The van der Waals surface area contributed by atoms with Crippen LogP contribution in [0.25, 0.3) is 0 Å². The molecule has 18 heavy (non-hydrogen) atoms. The van der Waals surface area contributed by atoms with E-state index in [0.717, 1.165) is 16.0 Å². The molecule has 0 spiro atoms. The number of hydrogen-bond acceptors (Lipinski definition) is 3. The van der Waals surface area contributed by atoms with Crippen LogP contribution in [0.5, 0.6) is 5.75 Å². The molecule has 2 aromatic rings. The molecule has 1 aromatic carbocycles. The van der Waals surface area contributed by atoms with E-state index >= 15 is 0 Å². The second-order valence-corrected chi connectivity index (χ2v) is 7.00. The highest BCUT2D eigenvalue weighted by Gasteiger charge is 2.29. The maximum absolute atomic E-state index is 6.33. The number of benzene rings is 1. The number of rotatable bonds is 2. The van der Waals surface area contributed by atoms with Gasteiger partial charge in [-0.3, -0.25) is 0 Å². The molecule has 0 bridgehead atoms. The normalized spacial score (nSPS) is 19.4. The Morgan fingerprint density at radius 2 is 2.22 bits per heavy atom. The molecular formula is C14H14BrNOS. The Balaban J connectivity index is 1.82. The van der Waals surface area contributed by atoms with E-state index in [9.17, 15) is 0 Å². The van der Waals surface area contributed by atoms with Crippen molar-refractivity contribution in [3.63, 3.8) is 0 Å². The number of aryl methyl sites for hydroxylation is 1. The third-order valence-electron chi connectivity index (χ3n) is 3.28. The van der Waals surface area contributed by atoms with Crippen molar-refractivity contribution in [2.45, 2.75) is 25.5 Å². The van der Waals surface area contributed by atoms with E-state index in [1.165, 1.54) is 16.0 Å². The van der Waals surface area contributed by atoms with Crippen LogP contribution in [0.3, 0.4) is 0 Å².